The molecule has 0 spiro atoms. The number of carbonyl (C=O) groups excluding carboxylic acids is 1. The average Bonchev–Trinajstić information content (AvgIpc) is 2.43. The lowest BCUT2D eigenvalue weighted by molar-refractivity contribution is -0.243. The molecular weight excluding hydrogens is 307 g/mol. The summed E-state index contributed by atoms with van der Waals surface area (Å²) in [5.74, 6) is -0.666. The zero-order valence-electron chi connectivity index (χ0n) is 13.4. The first kappa shape index (κ1) is 18.8. The molecule has 1 aromatic carbocycles. The molecule has 0 heterocycles. The van der Waals surface area contributed by atoms with Crippen molar-refractivity contribution in [3.8, 4) is 0 Å². The van der Waals surface area contributed by atoms with Crippen molar-refractivity contribution in [2.45, 2.75) is 46.5 Å². The van der Waals surface area contributed by atoms with Crippen LogP contribution in [0.15, 0.2) is 30.3 Å². The van der Waals surface area contributed by atoms with Gasteiger partial charge in [0.1, 0.15) is 12.8 Å². The third-order valence-corrected chi connectivity index (χ3v) is 3.99. The Morgan fingerprint density at radius 3 is 2.27 bits per heavy atom. The molecule has 0 aromatic heterocycles. The van der Waals surface area contributed by atoms with Gasteiger partial charge in [-0.05, 0) is 33.3 Å². The molecule has 1 aromatic rings. The lowest BCUT2D eigenvalue weighted by Gasteiger charge is -2.19. The second kappa shape index (κ2) is 9.06. The Labute approximate surface area is 131 Å². The van der Waals surface area contributed by atoms with Crippen molar-refractivity contribution in [1.29, 1.82) is 0 Å². The van der Waals surface area contributed by atoms with E-state index in [1.807, 2.05) is 30.3 Å². The van der Waals surface area contributed by atoms with Gasteiger partial charge in [-0.1, -0.05) is 30.3 Å². The molecule has 0 amide bonds. The monoisotopic (exact) mass is 330 g/mol. The number of hydrogen-bond donors (Lipinski definition) is 0. The molecular formula is C15H23O6P. The van der Waals surface area contributed by atoms with E-state index in [-0.39, 0.29) is 18.8 Å². The minimum Gasteiger partial charge on any atom is -0.460 e. The Hall–Kier alpha value is -1.20. The van der Waals surface area contributed by atoms with Crippen molar-refractivity contribution in [2.24, 2.45) is 0 Å². The first-order valence-electron chi connectivity index (χ1n) is 7.13. The molecule has 6 nitrogen and oxygen atoms in total. The Balaban J connectivity index is 2.56. The van der Waals surface area contributed by atoms with Crippen LogP contribution in [0.4, 0.5) is 0 Å². The zero-order valence-corrected chi connectivity index (χ0v) is 14.2. The van der Waals surface area contributed by atoms with E-state index in [1.165, 1.54) is 0 Å². The minimum absolute atomic E-state index is 0.104. The van der Waals surface area contributed by atoms with Gasteiger partial charge in [0.15, 0.2) is 0 Å². The van der Waals surface area contributed by atoms with Crippen molar-refractivity contribution in [1.82, 2.24) is 0 Å². The Morgan fingerprint density at radius 1 is 1.09 bits per heavy atom. The fourth-order valence-electron chi connectivity index (χ4n) is 1.50. The normalized spacial score (nSPS) is 14.1. The SMILES string of the molecule is CC(C)OOP(=O)(CC(=O)OCc1ccccc1)OC(C)C. The molecule has 0 aliphatic rings. The fraction of sp³-hybridized carbons (Fsp3) is 0.533. The molecule has 22 heavy (non-hydrogen) atoms. The topological polar surface area (TPSA) is 71.1 Å². The van der Waals surface area contributed by atoms with Gasteiger partial charge in [0.25, 0.3) is 0 Å². The standard InChI is InChI=1S/C15H23O6P/c1-12(2)19-21-22(17,20-13(3)4)11-15(16)18-10-14-8-6-5-7-9-14/h5-9,12-13H,10-11H2,1-4H3. The summed E-state index contributed by atoms with van der Waals surface area (Å²) in [7, 11) is -3.70. The van der Waals surface area contributed by atoms with Crippen LogP contribution in [0.2, 0.25) is 0 Å². The van der Waals surface area contributed by atoms with Crippen molar-refractivity contribution >= 4 is 13.6 Å². The van der Waals surface area contributed by atoms with E-state index in [0.717, 1.165) is 5.56 Å². The predicted molar refractivity (Wildman–Crippen MR) is 82.2 cm³/mol. The van der Waals surface area contributed by atoms with Gasteiger partial charge in [-0.15, -0.1) is 4.67 Å². The maximum atomic E-state index is 12.5. The van der Waals surface area contributed by atoms with Crippen LogP contribution in [0.25, 0.3) is 0 Å². The highest BCUT2D eigenvalue weighted by Crippen LogP contribution is 2.49. The van der Waals surface area contributed by atoms with E-state index in [1.54, 1.807) is 27.7 Å². The van der Waals surface area contributed by atoms with Gasteiger partial charge in [0, 0.05) is 0 Å². The summed E-state index contributed by atoms with van der Waals surface area (Å²) in [6.07, 6.45) is -1.17. The molecule has 0 aliphatic heterocycles. The van der Waals surface area contributed by atoms with E-state index in [4.69, 9.17) is 18.8 Å². The third-order valence-electron chi connectivity index (χ3n) is 2.29. The molecule has 124 valence electrons. The molecule has 0 saturated carbocycles. The van der Waals surface area contributed by atoms with E-state index in [0.29, 0.717) is 0 Å². The smallest absolute Gasteiger partial charge is 0.369 e. The highest BCUT2D eigenvalue weighted by atomic mass is 31.2. The highest BCUT2D eigenvalue weighted by molar-refractivity contribution is 7.54. The van der Waals surface area contributed by atoms with Gasteiger partial charge in [-0.3, -0.25) is 9.36 Å². The quantitative estimate of drug-likeness (QED) is 0.297. The number of esters is 1. The van der Waals surface area contributed by atoms with Crippen LogP contribution in [0.1, 0.15) is 33.3 Å². The second-order valence-electron chi connectivity index (χ2n) is 5.29. The molecule has 0 bridgehead atoms. The number of hydrogen-bond acceptors (Lipinski definition) is 6. The van der Waals surface area contributed by atoms with Gasteiger partial charge < -0.3 is 9.26 Å². The number of benzene rings is 1. The summed E-state index contributed by atoms with van der Waals surface area (Å²) in [6.45, 7) is 6.93. The zero-order chi connectivity index (χ0) is 16.6. The first-order valence-corrected chi connectivity index (χ1v) is 8.85. The van der Waals surface area contributed by atoms with Crippen LogP contribution in [0.3, 0.4) is 0 Å². The Bertz CT molecular complexity index is 500. The molecule has 1 rings (SSSR count). The third kappa shape index (κ3) is 7.71. The lowest BCUT2D eigenvalue weighted by Crippen LogP contribution is -2.16. The number of ether oxygens (including phenoxy) is 1. The fourth-order valence-corrected chi connectivity index (χ4v) is 3.01. The van der Waals surface area contributed by atoms with Crippen LogP contribution in [0, 0.1) is 0 Å². The predicted octanol–water partition coefficient (Wildman–Crippen LogP) is 3.70. The summed E-state index contributed by atoms with van der Waals surface area (Å²) in [4.78, 5) is 16.7. The van der Waals surface area contributed by atoms with E-state index in [2.05, 4.69) is 0 Å². The molecule has 0 fully saturated rings. The molecule has 1 atom stereocenters. The summed E-state index contributed by atoms with van der Waals surface area (Å²) in [5, 5.41) is 0. The number of carbonyl (C=O) groups is 1. The largest absolute Gasteiger partial charge is 0.460 e. The first-order chi connectivity index (χ1) is 10.3. The summed E-state index contributed by atoms with van der Waals surface area (Å²) < 4.78 is 27.6. The second-order valence-corrected chi connectivity index (χ2v) is 7.19. The van der Waals surface area contributed by atoms with E-state index in [9.17, 15) is 9.36 Å². The van der Waals surface area contributed by atoms with Gasteiger partial charge in [-0.2, -0.15) is 0 Å². The van der Waals surface area contributed by atoms with E-state index >= 15 is 0 Å². The van der Waals surface area contributed by atoms with Crippen molar-refractivity contribution in [3.05, 3.63) is 35.9 Å². The highest BCUT2D eigenvalue weighted by Gasteiger charge is 2.32. The van der Waals surface area contributed by atoms with Crippen LogP contribution in [0.5, 0.6) is 0 Å². The Morgan fingerprint density at radius 2 is 1.73 bits per heavy atom. The average molecular weight is 330 g/mol. The summed E-state index contributed by atoms with van der Waals surface area (Å²) in [6, 6.07) is 9.21. The summed E-state index contributed by atoms with van der Waals surface area (Å²) >= 11 is 0. The van der Waals surface area contributed by atoms with Crippen LogP contribution >= 0.6 is 7.60 Å². The van der Waals surface area contributed by atoms with Crippen molar-refractivity contribution in [2.75, 3.05) is 6.16 Å². The van der Waals surface area contributed by atoms with E-state index < -0.39 is 19.7 Å². The van der Waals surface area contributed by atoms with Gasteiger partial charge in [0.05, 0.1) is 12.2 Å². The Kier molecular flexibility index (Phi) is 7.76. The lowest BCUT2D eigenvalue weighted by atomic mass is 10.2. The molecule has 0 saturated heterocycles. The van der Waals surface area contributed by atoms with Gasteiger partial charge >= 0.3 is 13.6 Å². The molecule has 0 N–H and O–H groups in total. The van der Waals surface area contributed by atoms with Crippen LogP contribution < -0.4 is 0 Å². The summed E-state index contributed by atoms with van der Waals surface area (Å²) in [5.41, 5.74) is 0.842. The molecule has 1 unspecified atom stereocenters. The van der Waals surface area contributed by atoms with Crippen LogP contribution in [-0.2, 0) is 34.8 Å². The van der Waals surface area contributed by atoms with Gasteiger partial charge in [0.2, 0.25) is 0 Å². The minimum atomic E-state index is -3.70. The molecule has 0 radical (unpaired) electrons. The van der Waals surface area contributed by atoms with Crippen molar-refractivity contribution < 1.29 is 28.2 Å². The molecule has 0 aliphatic carbocycles. The maximum Gasteiger partial charge on any atom is 0.369 e. The van der Waals surface area contributed by atoms with Crippen LogP contribution in [-0.4, -0.2) is 24.3 Å². The van der Waals surface area contributed by atoms with Gasteiger partial charge in [-0.25, -0.2) is 4.89 Å². The molecule has 7 heteroatoms. The maximum absolute atomic E-state index is 12.5. The number of rotatable bonds is 9. The van der Waals surface area contributed by atoms with Crippen molar-refractivity contribution in [3.63, 3.8) is 0 Å².